The zero-order valence-electron chi connectivity index (χ0n) is 10.5. The molecule has 1 amide bonds. The Balaban J connectivity index is 1.78. The molecule has 4 nitrogen and oxygen atoms in total. The highest BCUT2D eigenvalue weighted by molar-refractivity contribution is 9.10. The van der Waals surface area contributed by atoms with E-state index in [-0.39, 0.29) is 11.7 Å². The SMILES string of the molecule is O=C(CSc1ccccn1)N/N=C\c1cccc(Br)c1. The van der Waals surface area contributed by atoms with Crippen LogP contribution < -0.4 is 5.43 Å². The fourth-order valence-corrected chi connectivity index (χ4v) is 2.44. The van der Waals surface area contributed by atoms with Gasteiger partial charge >= 0.3 is 0 Å². The molecule has 20 heavy (non-hydrogen) atoms. The second-order valence-corrected chi connectivity index (χ2v) is 5.72. The summed E-state index contributed by atoms with van der Waals surface area (Å²) in [5, 5.41) is 4.73. The summed E-state index contributed by atoms with van der Waals surface area (Å²) >= 11 is 4.75. The number of thioether (sulfide) groups is 1. The van der Waals surface area contributed by atoms with Crippen LogP contribution in [0.4, 0.5) is 0 Å². The van der Waals surface area contributed by atoms with E-state index in [4.69, 9.17) is 0 Å². The van der Waals surface area contributed by atoms with Crippen LogP contribution in [0.25, 0.3) is 0 Å². The number of benzene rings is 1. The summed E-state index contributed by atoms with van der Waals surface area (Å²) in [6.07, 6.45) is 3.31. The molecule has 0 saturated heterocycles. The zero-order valence-corrected chi connectivity index (χ0v) is 12.9. The van der Waals surface area contributed by atoms with Gasteiger partial charge in [-0.2, -0.15) is 5.10 Å². The van der Waals surface area contributed by atoms with E-state index in [0.29, 0.717) is 0 Å². The van der Waals surface area contributed by atoms with Gasteiger partial charge in [-0.05, 0) is 29.8 Å². The average Bonchev–Trinajstić information content (AvgIpc) is 2.46. The molecule has 0 fully saturated rings. The van der Waals surface area contributed by atoms with Gasteiger partial charge in [-0.1, -0.05) is 45.9 Å². The Bertz CT molecular complexity index is 604. The summed E-state index contributed by atoms with van der Waals surface area (Å²) in [6, 6.07) is 13.2. The lowest BCUT2D eigenvalue weighted by Crippen LogP contribution is -2.19. The largest absolute Gasteiger partial charge is 0.272 e. The maximum atomic E-state index is 11.6. The van der Waals surface area contributed by atoms with Crippen LogP contribution in [-0.4, -0.2) is 22.9 Å². The van der Waals surface area contributed by atoms with Crippen molar-refractivity contribution in [1.29, 1.82) is 0 Å². The first-order valence-electron chi connectivity index (χ1n) is 5.85. The molecule has 0 aliphatic rings. The Morgan fingerprint density at radius 1 is 1.35 bits per heavy atom. The number of aromatic nitrogens is 1. The summed E-state index contributed by atoms with van der Waals surface area (Å²) in [7, 11) is 0. The minimum absolute atomic E-state index is 0.160. The van der Waals surface area contributed by atoms with Crippen molar-refractivity contribution in [3.05, 3.63) is 58.7 Å². The van der Waals surface area contributed by atoms with E-state index in [1.807, 2.05) is 42.5 Å². The number of nitrogens with one attached hydrogen (secondary N) is 1. The van der Waals surface area contributed by atoms with Crippen LogP contribution in [0, 0.1) is 0 Å². The lowest BCUT2D eigenvalue weighted by Gasteiger charge is -1.99. The van der Waals surface area contributed by atoms with Gasteiger partial charge in [0.2, 0.25) is 5.91 Å². The molecular weight excluding hydrogens is 338 g/mol. The van der Waals surface area contributed by atoms with Crippen molar-refractivity contribution >= 4 is 39.8 Å². The van der Waals surface area contributed by atoms with E-state index >= 15 is 0 Å². The Labute approximate surface area is 129 Å². The van der Waals surface area contributed by atoms with Crippen LogP contribution in [0.2, 0.25) is 0 Å². The normalized spacial score (nSPS) is 10.7. The van der Waals surface area contributed by atoms with Gasteiger partial charge in [0.25, 0.3) is 0 Å². The van der Waals surface area contributed by atoms with E-state index in [9.17, 15) is 4.79 Å². The second-order valence-electron chi connectivity index (χ2n) is 3.80. The minimum atomic E-state index is -0.160. The van der Waals surface area contributed by atoms with Crippen LogP contribution in [0.1, 0.15) is 5.56 Å². The van der Waals surface area contributed by atoms with Crippen molar-refractivity contribution in [3.63, 3.8) is 0 Å². The van der Waals surface area contributed by atoms with Gasteiger partial charge in [0, 0.05) is 10.7 Å². The van der Waals surface area contributed by atoms with Crippen molar-refractivity contribution in [2.75, 3.05) is 5.75 Å². The number of hydrazone groups is 1. The van der Waals surface area contributed by atoms with Crippen molar-refractivity contribution in [1.82, 2.24) is 10.4 Å². The third-order valence-electron chi connectivity index (χ3n) is 2.24. The number of amides is 1. The highest BCUT2D eigenvalue weighted by atomic mass is 79.9. The molecule has 1 heterocycles. The van der Waals surface area contributed by atoms with Crippen LogP contribution in [0.3, 0.4) is 0 Å². The van der Waals surface area contributed by atoms with Crippen LogP contribution >= 0.6 is 27.7 Å². The summed E-state index contributed by atoms with van der Waals surface area (Å²) in [5.74, 6) is 0.124. The van der Waals surface area contributed by atoms with E-state index < -0.39 is 0 Å². The molecule has 0 aliphatic heterocycles. The summed E-state index contributed by atoms with van der Waals surface area (Å²) in [6.45, 7) is 0. The molecule has 0 radical (unpaired) electrons. The molecule has 0 atom stereocenters. The average molecular weight is 350 g/mol. The van der Waals surface area contributed by atoms with E-state index in [1.165, 1.54) is 11.8 Å². The van der Waals surface area contributed by atoms with Gasteiger partial charge in [-0.25, -0.2) is 10.4 Å². The highest BCUT2D eigenvalue weighted by Gasteiger charge is 2.01. The predicted octanol–water partition coefficient (Wildman–Crippen LogP) is 3.09. The molecule has 1 aromatic carbocycles. The molecule has 0 spiro atoms. The van der Waals surface area contributed by atoms with E-state index in [2.05, 4.69) is 31.4 Å². The molecule has 6 heteroatoms. The van der Waals surface area contributed by atoms with E-state index in [1.54, 1.807) is 12.4 Å². The van der Waals surface area contributed by atoms with Crippen molar-refractivity contribution < 1.29 is 4.79 Å². The number of nitrogens with zero attached hydrogens (tertiary/aromatic N) is 2. The summed E-state index contributed by atoms with van der Waals surface area (Å²) < 4.78 is 0.971. The third-order valence-corrected chi connectivity index (χ3v) is 3.68. The molecule has 0 saturated carbocycles. The lowest BCUT2D eigenvalue weighted by atomic mass is 10.2. The third kappa shape index (κ3) is 5.14. The maximum absolute atomic E-state index is 11.6. The quantitative estimate of drug-likeness (QED) is 0.512. The van der Waals surface area contributed by atoms with Crippen molar-refractivity contribution in [2.45, 2.75) is 5.03 Å². The number of carbonyl (C=O) groups excluding carboxylic acids is 1. The molecule has 102 valence electrons. The molecule has 0 bridgehead atoms. The van der Waals surface area contributed by atoms with Crippen LogP contribution in [0.5, 0.6) is 0 Å². The summed E-state index contributed by atoms with van der Waals surface area (Å²) in [5.41, 5.74) is 3.40. The number of hydrogen-bond donors (Lipinski definition) is 1. The second kappa shape index (κ2) is 7.81. The van der Waals surface area contributed by atoms with Gasteiger partial charge in [-0.15, -0.1) is 0 Å². The fraction of sp³-hybridized carbons (Fsp3) is 0.0714. The Kier molecular flexibility index (Phi) is 5.76. The van der Waals surface area contributed by atoms with Gasteiger partial charge < -0.3 is 0 Å². The Morgan fingerprint density at radius 3 is 3.00 bits per heavy atom. The molecule has 1 N–H and O–H groups in total. The lowest BCUT2D eigenvalue weighted by molar-refractivity contribution is -0.118. The maximum Gasteiger partial charge on any atom is 0.250 e. The smallest absolute Gasteiger partial charge is 0.250 e. The first-order chi connectivity index (χ1) is 9.74. The Hall–Kier alpha value is -1.66. The van der Waals surface area contributed by atoms with Crippen molar-refractivity contribution in [2.24, 2.45) is 5.10 Å². The number of carbonyl (C=O) groups is 1. The van der Waals surface area contributed by atoms with Gasteiger partial charge in [0.1, 0.15) is 0 Å². The number of pyridine rings is 1. The number of halogens is 1. The molecule has 1 aromatic heterocycles. The van der Waals surface area contributed by atoms with Crippen LogP contribution in [0.15, 0.2) is 63.3 Å². The highest BCUT2D eigenvalue weighted by Crippen LogP contribution is 2.13. The first kappa shape index (κ1) is 14.7. The summed E-state index contributed by atoms with van der Waals surface area (Å²) in [4.78, 5) is 15.7. The Morgan fingerprint density at radius 2 is 2.25 bits per heavy atom. The minimum Gasteiger partial charge on any atom is -0.272 e. The van der Waals surface area contributed by atoms with Gasteiger partial charge in [0.15, 0.2) is 0 Å². The molecule has 0 unspecified atom stereocenters. The molecule has 2 rings (SSSR count). The van der Waals surface area contributed by atoms with Gasteiger partial charge in [-0.3, -0.25) is 4.79 Å². The predicted molar refractivity (Wildman–Crippen MR) is 84.8 cm³/mol. The van der Waals surface area contributed by atoms with E-state index in [0.717, 1.165) is 15.1 Å². The van der Waals surface area contributed by atoms with Gasteiger partial charge in [0.05, 0.1) is 17.0 Å². The standard InChI is InChI=1S/C14H12BrN3OS/c15-12-5-3-4-11(8-12)9-17-18-13(19)10-20-14-6-1-2-7-16-14/h1-9H,10H2,(H,18,19)/b17-9-. The number of hydrogen-bond acceptors (Lipinski definition) is 4. The number of rotatable bonds is 5. The first-order valence-corrected chi connectivity index (χ1v) is 7.63. The monoisotopic (exact) mass is 349 g/mol. The molecular formula is C14H12BrN3OS. The van der Waals surface area contributed by atoms with Crippen molar-refractivity contribution in [3.8, 4) is 0 Å². The topological polar surface area (TPSA) is 54.4 Å². The molecule has 0 aliphatic carbocycles. The zero-order chi connectivity index (χ0) is 14.2. The molecule has 2 aromatic rings. The fourth-order valence-electron chi connectivity index (χ4n) is 1.37. The van der Waals surface area contributed by atoms with Crippen LogP contribution in [-0.2, 0) is 4.79 Å².